The number of hydrogen-bond acceptors (Lipinski definition) is 4. The Bertz CT molecular complexity index is 463. The van der Waals surface area contributed by atoms with Crippen LogP contribution in [-0.2, 0) is 14.3 Å². The van der Waals surface area contributed by atoms with Crippen molar-refractivity contribution in [2.45, 2.75) is 57.5 Å². The number of ether oxygens (including phenoxy) is 2. The Morgan fingerprint density at radius 3 is 2.65 bits per heavy atom. The first-order chi connectivity index (χ1) is 9.27. The van der Waals surface area contributed by atoms with Gasteiger partial charge in [-0.25, -0.2) is 0 Å². The van der Waals surface area contributed by atoms with Crippen LogP contribution in [0.3, 0.4) is 0 Å². The van der Waals surface area contributed by atoms with E-state index in [-0.39, 0.29) is 12.5 Å². The van der Waals surface area contributed by atoms with Crippen LogP contribution in [0.15, 0.2) is 30.3 Å². The van der Waals surface area contributed by atoms with Crippen molar-refractivity contribution in [2.24, 2.45) is 0 Å². The predicted molar refractivity (Wildman–Crippen MR) is 74.9 cm³/mol. The molecule has 1 aromatic carbocycles. The molecule has 20 heavy (non-hydrogen) atoms. The number of hydrogen-bond donors (Lipinski definition) is 1. The van der Waals surface area contributed by atoms with Gasteiger partial charge in [0.1, 0.15) is 5.60 Å². The highest BCUT2D eigenvalue weighted by atomic mass is 16.6. The predicted octanol–water partition coefficient (Wildman–Crippen LogP) is 2.96. The van der Waals surface area contributed by atoms with Gasteiger partial charge in [0, 0.05) is 6.42 Å². The van der Waals surface area contributed by atoms with Gasteiger partial charge in [0.25, 0.3) is 0 Å². The molecular weight excluding hydrogens is 256 g/mol. The first-order valence-electron chi connectivity index (χ1n) is 6.94. The maximum atomic E-state index is 11.8. The third-order valence-corrected chi connectivity index (χ3v) is 3.17. The van der Waals surface area contributed by atoms with E-state index in [1.807, 2.05) is 30.3 Å². The molecule has 1 aliphatic heterocycles. The number of aliphatic hydroxyl groups is 1. The lowest BCUT2D eigenvalue weighted by Gasteiger charge is -2.25. The molecule has 0 spiro atoms. The molecule has 1 saturated heterocycles. The van der Waals surface area contributed by atoms with Gasteiger partial charge in [-0.15, -0.1) is 0 Å². The van der Waals surface area contributed by atoms with Gasteiger partial charge in [0.05, 0.1) is 12.5 Å². The molecule has 0 aliphatic carbocycles. The topological polar surface area (TPSA) is 55.8 Å². The Morgan fingerprint density at radius 2 is 2.05 bits per heavy atom. The zero-order chi connectivity index (χ0) is 14.8. The van der Waals surface area contributed by atoms with Gasteiger partial charge in [-0.3, -0.25) is 4.79 Å². The minimum Gasteiger partial charge on any atom is -0.460 e. The summed E-state index contributed by atoms with van der Waals surface area (Å²) >= 11 is 0. The molecule has 1 aliphatic rings. The molecule has 0 bridgehead atoms. The molecule has 1 N–H and O–H groups in total. The van der Waals surface area contributed by atoms with Gasteiger partial charge in [0.2, 0.25) is 0 Å². The van der Waals surface area contributed by atoms with E-state index in [1.54, 1.807) is 20.8 Å². The number of carbonyl (C=O) groups excluding carboxylic acids is 1. The Kier molecular flexibility index (Phi) is 4.16. The fourth-order valence-corrected chi connectivity index (χ4v) is 2.37. The van der Waals surface area contributed by atoms with Crippen LogP contribution >= 0.6 is 0 Å². The molecule has 2 atom stereocenters. The fraction of sp³-hybridized carbons (Fsp3) is 0.562. The van der Waals surface area contributed by atoms with Crippen LogP contribution in [0.25, 0.3) is 0 Å². The van der Waals surface area contributed by atoms with E-state index in [2.05, 4.69) is 0 Å². The summed E-state index contributed by atoms with van der Waals surface area (Å²) in [5, 5.41) is 10.4. The normalized spacial score (nSPS) is 26.5. The van der Waals surface area contributed by atoms with E-state index >= 15 is 0 Å². The molecule has 0 saturated carbocycles. The Balaban J connectivity index is 1.95. The maximum Gasteiger partial charge on any atom is 0.311 e. The minimum absolute atomic E-state index is 0.131. The summed E-state index contributed by atoms with van der Waals surface area (Å²) in [6.45, 7) is 5.41. The molecule has 2 unspecified atom stereocenters. The van der Waals surface area contributed by atoms with Crippen LogP contribution in [0.4, 0.5) is 0 Å². The second kappa shape index (κ2) is 5.54. The second-order valence-electron chi connectivity index (χ2n) is 6.27. The summed E-state index contributed by atoms with van der Waals surface area (Å²) in [5.41, 5.74) is 0.470. The van der Waals surface area contributed by atoms with Gasteiger partial charge in [-0.2, -0.15) is 0 Å². The van der Waals surface area contributed by atoms with Crippen molar-refractivity contribution < 1.29 is 19.4 Å². The van der Waals surface area contributed by atoms with Crippen molar-refractivity contribution in [3.8, 4) is 0 Å². The summed E-state index contributed by atoms with van der Waals surface area (Å²) in [6.07, 6.45) is 0.839. The second-order valence-corrected chi connectivity index (χ2v) is 6.27. The lowest BCUT2D eigenvalue weighted by molar-refractivity contribution is -0.209. The molecular formula is C16H22O4. The van der Waals surface area contributed by atoms with Gasteiger partial charge in [-0.1, -0.05) is 30.3 Å². The van der Waals surface area contributed by atoms with E-state index in [1.165, 1.54) is 0 Å². The summed E-state index contributed by atoms with van der Waals surface area (Å²) in [5.74, 6) is -1.85. The van der Waals surface area contributed by atoms with Crippen molar-refractivity contribution >= 4 is 5.97 Å². The van der Waals surface area contributed by atoms with E-state index in [4.69, 9.17) is 9.47 Å². The van der Waals surface area contributed by atoms with Crippen molar-refractivity contribution in [3.05, 3.63) is 35.9 Å². The van der Waals surface area contributed by atoms with Crippen molar-refractivity contribution in [1.82, 2.24) is 0 Å². The molecule has 0 radical (unpaired) electrons. The van der Waals surface area contributed by atoms with Crippen LogP contribution in [0, 0.1) is 0 Å². The zero-order valence-corrected chi connectivity index (χ0v) is 12.3. The van der Waals surface area contributed by atoms with Crippen LogP contribution < -0.4 is 0 Å². The van der Waals surface area contributed by atoms with E-state index in [0.29, 0.717) is 12.8 Å². The van der Waals surface area contributed by atoms with Crippen LogP contribution in [0.1, 0.15) is 51.7 Å². The standard InChI is InChI=1S/C16H22O4/c1-15(2,3)20-14(17)11-16(18)10-9-13(19-16)12-7-5-4-6-8-12/h4-8,13,18H,9-11H2,1-3H3. The van der Waals surface area contributed by atoms with Gasteiger partial charge >= 0.3 is 5.97 Å². The molecule has 2 rings (SSSR count). The molecule has 4 heteroatoms. The number of benzene rings is 1. The highest BCUT2D eigenvalue weighted by molar-refractivity contribution is 5.70. The fourth-order valence-electron chi connectivity index (χ4n) is 2.37. The molecule has 4 nitrogen and oxygen atoms in total. The average molecular weight is 278 g/mol. The molecule has 110 valence electrons. The van der Waals surface area contributed by atoms with E-state index in [0.717, 1.165) is 5.56 Å². The first kappa shape index (κ1) is 15.0. The Labute approximate surface area is 119 Å². The highest BCUT2D eigenvalue weighted by Crippen LogP contribution is 2.40. The summed E-state index contributed by atoms with van der Waals surface area (Å²) in [7, 11) is 0. The Morgan fingerprint density at radius 1 is 1.40 bits per heavy atom. The number of esters is 1. The summed E-state index contributed by atoms with van der Waals surface area (Å²) in [6, 6.07) is 9.73. The molecule has 0 aromatic heterocycles. The summed E-state index contributed by atoms with van der Waals surface area (Å²) in [4.78, 5) is 11.8. The van der Waals surface area contributed by atoms with Gasteiger partial charge in [-0.05, 0) is 32.8 Å². The molecule has 1 heterocycles. The monoisotopic (exact) mass is 278 g/mol. The maximum absolute atomic E-state index is 11.8. The Hall–Kier alpha value is -1.39. The van der Waals surface area contributed by atoms with Crippen molar-refractivity contribution in [3.63, 3.8) is 0 Å². The van der Waals surface area contributed by atoms with Gasteiger partial charge in [0.15, 0.2) is 5.79 Å². The number of carbonyl (C=O) groups is 1. The van der Waals surface area contributed by atoms with E-state index < -0.39 is 17.4 Å². The smallest absolute Gasteiger partial charge is 0.311 e. The summed E-state index contributed by atoms with van der Waals surface area (Å²) < 4.78 is 10.9. The lowest BCUT2D eigenvalue weighted by Crippen LogP contribution is -2.34. The zero-order valence-electron chi connectivity index (χ0n) is 12.3. The SMILES string of the molecule is CC(C)(C)OC(=O)CC1(O)CCC(c2ccccc2)O1. The van der Waals surface area contributed by atoms with Crippen molar-refractivity contribution in [1.29, 1.82) is 0 Å². The lowest BCUT2D eigenvalue weighted by atomic mass is 10.0. The minimum atomic E-state index is -1.41. The van der Waals surface area contributed by atoms with Gasteiger partial charge < -0.3 is 14.6 Å². The first-order valence-corrected chi connectivity index (χ1v) is 6.94. The average Bonchev–Trinajstić information content (AvgIpc) is 2.70. The van der Waals surface area contributed by atoms with E-state index in [9.17, 15) is 9.90 Å². The van der Waals surface area contributed by atoms with Crippen LogP contribution in [-0.4, -0.2) is 22.5 Å². The third-order valence-electron chi connectivity index (χ3n) is 3.17. The van der Waals surface area contributed by atoms with Crippen molar-refractivity contribution in [2.75, 3.05) is 0 Å². The molecule has 1 aromatic rings. The molecule has 1 fully saturated rings. The quantitative estimate of drug-likeness (QED) is 0.864. The van der Waals surface area contributed by atoms with Crippen LogP contribution in [0.5, 0.6) is 0 Å². The highest BCUT2D eigenvalue weighted by Gasteiger charge is 2.41. The number of rotatable bonds is 3. The van der Waals surface area contributed by atoms with Crippen LogP contribution in [0.2, 0.25) is 0 Å². The third kappa shape index (κ3) is 4.05. The largest absolute Gasteiger partial charge is 0.460 e. The molecule has 0 amide bonds.